The molecule has 0 saturated heterocycles. The Hall–Kier alpha value is 0.519. The van der Waals surface area contributed by atoms with Gasteiger partial charge in [0, 0.05) is 0 Å². The van der Waals surface area contributed by atoms with E-state index in [2.05, 4.69) is 0 Å². The third-order valence-electron chi connectivity index (χ3n) is 0.889. The summed E-state index contributed by atoms with van der Waals surface area (Å²) in [7, 11) is 25.8. The molecule has 0 heterocycles. The van der Waals surface area contributed by atoms with Crippen molar-refractivity contribution in [3.63, 3.8) is 0 Å². The minimum Gasteiger partial charge on any atom is -0.729 e. The molecule has 0 saturated carbocycles. The van der Waals surface area contributed by atoms with Crippen LogP contribution in [0, 0.1) is 0 Å². The van der Waals surface area contributed by atoms with Crippen LogP contribution >= 0.6 is 0 Å². The quantitative estimate of drug-likeness (QED) is 0.314. The van der Waals surface area contributed by atoms with Gasteiger partial charge in [0.2, 0.25) is 0 Å². The van der Waals surface area contributed by atoms with E-state index in [0.29, 0.717) is 0 Å². The summed E-state index contributed by atoms with van der Waals surface area (Å²) < 4.78 is 0. The molecule has 0 amide bonds. The van der Waals surface area contributed by atoms with Gasteiger partial charge in [-0.1, -0.05) is 6.39 Å². The van der Waals surface area contributed by atoms with Crippen LogP contribution in [0.5, 0.6) is 0 Å². The molecule has 0 aromatic carbocycles. The fourth-order valence-electron chi connectivity index (χ4n) is 0.257. The van der Waals surface area contributed by atoms with Crippen molar-refractivity contribution in [1.82, 2.24) is 0 Å². The zero-order valence-corrected chi connectivity index (χ0v) is 4.62. The second-order valence-corrected chi connectivity index (χ2v) is 1.73. The fourth-order valence-corrected chi connectivity index (χ4v) is 0.257. The second kappa shape index (κ2) is 3.53. The summed E-state index contributed by atoms with van der Waals surface area (Å²) in [6.07, 6.45) is -1.78. The molecule has 8 heavy (non-hydrogen) atoms. The van der Waals surface area contributed by atoms with E-state index in [4.69, 9.17) is 38.7 Å². The van der Waals surface area contributed by atoms with Crippen LogP contribution in [0.15, 0.2) is 0 Å². The van der Waals surface area contributed by atoms with Gasteiger partial charge in [0.15, 0.2) is 0 Å². The van der Waals surface area contributed by atoms with E-state index < -0.39 is 19.2 Å². The molecule has 0 atom stereocenters. The van der Waals surface area contributed by atoms with E-state index in [1.165, 1.54) is 0 Å². The van der Waals surface area contributed by atoms with Gasteiger partial charge in [-0.15, -0.1) is 0 Å². The van der Waals surface area contributed by atoms with E-state index >= 15 is 0 Å². The summed E-state index contributed by atoms with van der Waals surface area (Å²) in [6.45, 7) is 0. The van der Waals surface area contributed by atoms with Crippen LogP contribution in [0.25, 0.3) is 0 Å². The van der Waals surface area contributed by atoms with Gasteiger partial charge in [-0.3, -0.25) is 0 Å². The van der Waals surface area contributed by atoms with E-state index in [1.807, 2.05) is 0 Å². The molecule has 12 radical (unpaired) electrons. The first-order valence-corrected chi connectivity index (χ1v) is 2.33. The maximum atomic E-state index is 5.26. The third kappa shape index (κ3) is 2.74. The van der Waals surface area contributed by atoms with Gasteiger partial charge in [0.1, 0.15) is 0 Å². The molecule has 0 fully saturated rings. The first-order chi connectivity index (χ1) is 3.55. The predicted octanol–water partition coefficient (Wildman–Crippen LogP) is -3.05. The third-order valence-corrected chi connectivity index (χ3v) is 0.889. The van der Waals surface area contributed by atoms with E-state index in [0.717, 1.165) is 0 Å². The van der Waals surface area contributed by atoms with Gasteiger partial charge in [0.05, 0.1) is 0 Å². The molecule has 26 valence electrons. The molecule has 0 nitrogen and oxygen atoms in total. The van der Waals surface area contributed by atoms with Crippen LogP contribution in [0.3, 0.4) is 0 Å². The summed E-state index contributed by atoms with van der Waals surface area (Å²) >= 11 is 0. The maximum absolute atomic E-state index is 5.26. The Bertz CT molecular complexity index is 45.1. The normalized spacial score (nSPS) is 8.25. The molecule has 0 N–H and O–H groups in total. The first kappa shape index (κ1) is 8.52. The summed E-state index contributed by atoms with van der Waals surface area (Å²) in [6, 6.07) is 0. The van der Waals surface area contributed by atoms with E-state index in [-0.39, 0.29) is 0 Å². The lowest BCUT2D eigenvalue weighted by Gasteiger charge is -2.41. The summed E-state index contributed by atoms with van der Waals surface area (Å²) in [5.74, 6) is 0. The zero-order valence-electron chi connectivity index (χ0n) is 4.62. The van der Waals surface area contributed by atoms with Gasteiger partial charge in [-0.2, -0.15) is 0 Å². The minimum absolute atomic E-state index is 0.519. The van der Waals surface area contributed by atoms with Crippen LogP contribution in [0.1, 0.15) is 0 Å². The van der Waals surface area contributed by atoms with Gasteiger partial charge in [0.25, 0.3) is 0 Å². The summed E-state index contributed by atoms with van der Waals surface area (Å²) in [5, 5.41) is 0. The molecule has 0 aromatic rings. The number of rotatable bonds is 2. The van der Waals surface area contributed by atoms with Crippen molar-refractivity contribution in [2.75, 3.05) is 0 Å². The van der Waals surface area contributed by atoms with Gasteiger partial charge >= 0.3 is 0 Å². The monoisotopic (exact) mass is 88.1 g/mol. The molecule has 0 aliphatic carbocycles. The Morgan fingerprint density at radius 2 is 1.38 bits per heavy atom. The average molecular weight is 86.5 g/mol. The van der Waals surface area contributed by atoms with Crippen LogP contribution in [-0.4, -0.2) is 57.8 Å². The van der Waals surface area contributed by atoms with Gasteiger partial charge in [-0.05, 0) is 29.6 Å². The highest BCUT2D eigenvalue weighted by Crippen LogP contribution is 1.76. The zero-order chi connectivity index (χ0) is 6.73. The minimum atomic E-state index is -0.630. The lowest BCUT2D eigenvalue weighted by atomic mass is 8.68. The van der Waals surface area contributed by atoms with Crippen LogP contribution < -0.4 is 0 Å². The van der Waals surface area contributed by atoms with E-state index in [1.54, 1.807) is 0 Å². The fraction of sp³-hybridized carbons (Fsp3) is 0. The second-order valence-electron chi connectivity index (χ2n) is 1.73. The molecule has 0 aliphatic rings. The van der Waals surface area contributed by atoms with Crippen LogP contribution in [-0.2, 0) is 0 Å². The average Bonchev–Trinajstić information content (AvgIpc) is 1.64. The predicted molar refractivity (Wildman–Crippen MR) is 46.0 cm³/mol. The lowest BCUT2D eigenvalue weighted by molar-refractivity contribution is 3.62. The van der Waals surface area contributed by atoms with Crippen LogP contribution in [0.2, 0.25) is 0 Å². The Kier molecular flexibility index (Phi) is 3.76. The van der Waals surface area contributed by atoms with E-state index in [9.17, 15) is 0 Å². The maximum Gasteiger partial charge on any atom is -0.000198 e. The van der Waals surface area contributed by atoms with Crippen molar-refractivity contribution in [2.24, 2.45) is 0 Å². The summed E-state index contributed by atoms with van der Waals surface area (Å²) in [4.78, 5) is 0. The largest absolute Gasteiger partial charge is 0.729 e. The first-order valence-electron chi connectivity index (χ1n) is 2.33. The highest BCUT2D eigenvalue weighted by Gasteiger charge is 2.00. The Morgan fingerprint density at radius 3 is 1.38 bits per heavy atom. The van der Waals surface area contributed by atoms with Gasteiger partial charge in [-0.25, -0.2) is 0 Å². The topological polar surface area (TPSA) is 0 Å². The molecule has 0 aromatic heterocycles. The molecule has 0 aliphatic heterocycles. The van der Waals surface area contributed by atoms with Crippen molar-refractivity contribution in [2.45, 2.75) is 0 Å². The highest BCUT2D eigenvalue weighted by atomic mass is 13.0. The number of hydrogen-bond donors (Lipinski definition) is 0. The molecule has 0 bridgehead atoms. The summed E-state index contributed by atoms with van der Waals surface area (Å²) in [5.41, 5.74) is 0. The molecule has 8 heteroatoms. The van der Waals surface area contributed by atoms with Crippen molar-refractivity contribution in [3.8, 4) is 0 Å². The lowest BCUT2D eigenvalue weighted by Crippen LogP contribution is -2.52. The van der Waals surface area contributed by atoms with Crippen molar-refractivity contribution >= 4 is 57.8 Å². The molecule has 0 spiro atoms. The SMILES string of the molecule is [B]B([B])B([B])B([B-])[B-]. The van der Waals surface area contributed by atoms with Crippen molar-refractivity contribution in [1.29, 1.82) is 0 Å². The van der Waals surface area contributed by atoms with Gasteiger partial charge < -0.3 is 21.9 Å². The standard InChI is InChI=1S/B8/c1-6(2)8(5)7(3)4/q-2. The van der Waals surface area contributed by atoms with Crippen molar-refractivity contribution in [3.05, 3.63) is 0 Å². The highest BCUT2D eigenvalue weighted by molar-refractivity contribution is 7.89. The smallest absolute Gasteiger partial charge is 0.000198 e. The molecule has 0 unspecified atom stereocenters. The number of hydrogen-bond acceptors (Lipinski definition) is 0. The Morgan fingerprint density at radius 1 is 1.00 bits per heavy atom. The van der Waals surface area contributed by atoms with Crippen LogP contribution in [0.4, 0.5) is 0 Å². The molecular formula is B8-2. The molecule has 0 rings (SSSR count). The Labute approximate surface area is 58.5 Å². The molecular weight excluding hydrogens is 86.5 g/mol. The van der Waals surface area contributed by atoms with Crippen molar-refractivity contribution < 1.29 is 0 Å². The Balaban J connectivity index is 3.46.